The fourth-order valence-electron chi connectivity index (χ4n) is 2.79. The molecule has 6 heteroatoms. The number of morpholine rings is 1. The molecule has 1 amide bonds. The number of amides is 1. The van der Waals surface area contributed by atoms with Gasteiger partial charge in [0.1, 0.15) is 6.04 Å². The molecule has 0 aliphatic carbocycles. The maximum atomic E-state index is 12.8. The third-order valence-corrected chi connectivity index (χ3v) is 4.29. The first-order valence-electron chi connectivity index (χ1n) is 8.31. The van der Waals surface area contributed by atoms with Crippen LogP contribution in [-0.2, 0) is 16.0 Å². The standard InChI is InChI=1S/C18H23N3O3/c1-12(2)17-19-20-18(24-17)15-11-23-9-8-21(15)16(22)10-14-7-5-4-6-13(14)3/h4-7,12,15H,8-11H2,1-3H3/t15-/m0/s1. The van der Waals surface area contributed by atoms with Gasteiger partial charge < -0.3 is 14.1 Å². The summed E-state index contributed by atoms with van der Waals surface area (Å²) in [4.78, 5) is 14.6. The lowest BCUT2D eigenvalue weighted by Crippen LogP contribution is -2.44. The van der Waals surface area contributed by atoms with Crippen LogP contribution in [-0.4, -0.2) is 40.8 Å². The number of aromatic nitrogens is 2. The van der Waals surface area contributed by atoms with Crippen LogP contribution in [0.1, 0.15) is 48.7 Å². The molecule has 1 fully saturated rings. The summed E-state index contributed by atoms with van der Waals surface area (Å²) in [6.45, 7) is 7.47. The van der Waals surface area contributed by atoms with E-state index in [0.717, 1.165) is 11.1 Å². The van der Waals surface area contributed by atoms with Gasteiger partial charge in [0, 0.05) is 12.5 Å². The topological polar surface area (TPSA) is 68.5 Å². The first-order valence-corrected chi connectivity index (χ1v) is 8.31. The molecule has 2 heterocycles. The highest BCUT2D eigenvalue weighted by Crippen LogP contribution is 2.26. The molecule has 1 aromatic heterocycles. The molecule has 2 aromatic rings. The second-order valence-electron chi connectivity index (χ2n) is 6.41. The normalized spacial score (nSPS) is 18.2. The Morgan fingerprint density at radius 1 is 1.33 bits per heavy atom. The summed E-state index contributed by atoms with van der Waals surface area (Å²) in [6.07, 6.45) is 0.369. The summed E-state index contributed by atoms with van der Waals surface area (Å²) >= 11 is 0. The van der Waals surface area contributed by atoms with Gasteiger partial charge in [0.2, 0.25) is 17.7 Å². The summed E-state index contributed by atoms with van der Waals surface area (Å²) in [5.41, 5.74) is 2.16. The number of hydrogen-bond donors (Lipinski definition) is 0. The number of nitrogens with zero attached hydrogens (tertiary/aromatic N) is 3. The van der Waals surface area contributed by atoms with Crippen LogP contribution in [0.15, 0.2) is 28.7 Å². The molecule has 0 radical (unpaired) electrons. The first-order chi connectivity index (χ1) is 11.6. The number of benzene rings is 1. The van der Waals surface area contributed by atoms with E-state index in [1.807, 2.05) is 45.0 Å². The summed E-state index contributed by atoms with van der Waals surface area (Å²) in [7, 11) is 0. The van der Waals surface area contributed by atoms with Crippen molar-refractivity contribution in [3.8, 4) is 0 Å². The van der Waals surface area contributed by atoms with Gasteiger partial charge >= 0.3 is 0 Å². The van der Waals surface area contributed by atoms with Crippen molar-refractivity contribution in [2.45, 2.75) is 39.2 Å². The van der Waals surface area contributed by atoms with E-state index in [9.17, 15) is 4.79 Å². The van der Waals surface area contributed by atoms with Gasteiger partial charge in [-0.05, 0) is 18.1 Å². The van der Waals surface area contributed by atoms with Crippen molar-refractivity contribution < 1.29 is 13.9 Å². The zero-order valence-corrected chi connectivity index (χ0v) is 14.4. The minimum Gasteiger partial charge on any atom is -0.423 e. The lowest BCUT2D eigenvalue weighted by Gasteiger charge is -2.33. The van der Waals surface area contributed by atoms with Gasteiger partial charge in [-0.25, -0.2) is 0 Å². The summed E-state index contributed by atoms with van der Waals surface area (Å²) in [5.74, 6) is 1.26. The lowest BCUT2D eigenvalue weighted by atomic mass is 10.0. The van der Waals surface area contributed by atoms with Gasteiger partial charge in [0.05, 0.1) is 19.6 Å². The molecule has 0 saturated carbocycles. The quantitative estimate of drug-likeness (QED) is 0.862. The Kier molecular flexibility index (Phi) is 4.94. The van der Waals surface area contributed by atoms with Crippen LogP contribution in [0.2, 0.25) is 0 Å². The minimum atomic E-state index is -0.310. The van der Waals surface area contributed by atoms with Crippen LogP contribution in [0.5, 0.6) is 0 Å². The van der Waals surface area contributed by atoms with E-state index < -0.39 is 0 Å². The number of rotatable bonds is 4. The average molecular weight is 329 g/mol. The molecule has 1 saturated heterocycles. The molecule has 0 bridgehead atoms. The summed E-state index contributed by atoms with van der Waals surface area (Å²) in [5, 5.41) is 8.20. The second kappa shape index (κ2) is 7.13. The maximum absolute atomic E-state index is 12.8. The largest absolute Gasteiger partial charge is 0.423 e. The van der Waals surface area contributed by atoms with Crippen LogP contribution in [0.3, 0.4) is 0 Å². The minimum absolute atomic E-state index is 0.0573. The highest BCUT2D eigenvalue weighted by atomic mass is 16.5. The molecule has 3 rings (SSSR count). The summed E-state index contributed by atoms with van der Waals surface area (Å²) in [6, 6.07) is 7.64. The van der Waals surface area contributed by atoms with Crippen molar-refractivity contribution in [3.63, 3.8) is 0 Å². The van der Waals surface area contributed by atoms with Gasteiger partial charge in [-0.15, -0.1) is 10.2 Å². The molecular weight excluding hydrogens is 306 g/mol. The molecule has 24 heavy (non-hydrogen) atoms. The number of carbonyl (C=O) groups is 1. The highest BCUT2D eigenvalue weighted by molar-refractivity contribution is 5.79. The van der Waals surface area contributed by atoms with Gasteiger partial charge in [-0.3, -0.25) is 4.79 Å². The van der Waals surface area contributed by atoms with E-state index >= 15 is 0 Å². The van der Waals surface area contributed by atoms with Crippen molar-refractivity contribution >= 4 is 5.91 Å². The fourth-order valence-corrected chi connectivity index (χ4v) is 2.79. The Hall–Kier alpha value is -2.21. The highest BCUT2D eigenvalue weighted by Gasteiger charge is 2.33. The Bertz CT molecular complexity index is 711. The molecule has 1 aliphatic rings. The third kappa shape index (κ3) is 3.48. The Morgan fingerprint density at radius 2 is 2.12 bits per heavy atom. The predicted octanol–water partition coefficient (Wildman–Crippen LogP) is 2.64. The maximum Gasteiger partial charge on any atom is 0.241 e. The van der Waals surface area contributed by atoms with Gasteiger partial charge in [0.25, 0.3) is 0 Å². The Labute approximate surface area is 141 Å². The van der Waals surface area contributed by atoms with E-state index in [1.165, 1.54) is 0 Å². The Morgan fingerprint density at radius 3 is 2.83 bits per heavy atom. The Balaban J connectivity index is 1.78. The number of carbonyl (C=O) groups excluding carboxylic acids is 1. The van der Waals surface area contributed by atoms with Crippen LogP contribution >= 0.6 is 0 Å². The SMILES string of the molecule is Cc1ccccc1CC(=O)N1CCOC[C@H]1c1nnc(C(C)C)o1. The van der Waals surface area contributed by atoms with Crippen molar-refractivity contribution in [2.24, 2.45) is 0 Å². The van der Waals surface area contributed by atoms with Crippen molar-refractivity contribution in [1.82, 2.24) is 15.1 Å². The van der Waals surface area contributed by atoms with E-state index in [1.54, 1.807) is 4.90 Å². The number of ether oxygens (including phenoxy) is 1. The van der Waals surface area contributed by atoms with Gasteiger partial charge in [-0.2, -0.15) is 0 Å². The molecule has 1 aromatic carbocycles. The van der Waals surface area contributed by atoms with E-state index in [4.69, 9.17) is 9.15 Å². The molecule has 0 N–H and O–H groups in total. The fraction of sp³-hybridized carbons (Fsp3) is 0.500. The zero-order chi connectivity index (χ0) is 17.1. The molecule has 0 spiro atoms. The second-order valence-corrected chi connectivity index (χ2v) is 6.41. The lowest BCUT2D eigenvalue weighted by molar-refractivity contribution is -0.140. The van der Waals surface area contributed by atoms with Crippen molar-refractivity contribution in [1.29, 1.82) is 0 Å². The number of hydrogen-bond acceptors (Lipinski definition) is 5. The van der Waals surface area contributed by atoms with E-state index in [0.29, 0.717) is 38.0 Å². The molecule has 6 nitrogen and oxygen atoms in total. The third-order valence-electron chi connectivity index (χ3n) is 4.29. The molecular formula is C18H23N3O3. The molecule has 1 atom stereocenters. The monoisotopic (exact) mass is 329 g/mol. The van der Waals surface area contributed by atoms with Crippen LogP contribution in [0.4, 0.5) is 0 Å². The van der Waals surface area contributed by atoms with Gasteiger partial charge in [-0.1, -0.05) is 38.1 Å². The van der Waals surface area contributed by atoms with E-state index in [-0.39, 0.29) is 17.9 Å². The van der Waals surface area contributed by atoms with Crippen molar-refractivity contribution in [2.75, 3.05) is 19.8 Å². The average Bonchev–Trinajstić information content (AvgIpc) is 3.07. The molecule has 0 unspecified atom stereocenters. The van der Waals surface area contributed by atoms with Crippen LogP contribution in [0, 0.1) is 6.92 Å². The molecule has 128 valence electrons. The van der Waals surface area contributed by atoms with Gasteiger partial charge in [0.15, 0.2) is 0 Å². The van der Waals surface area contributed by atoms with Crippen molar-refractivity contribution in [3.05, 3.63) is 47.2 Å². The summed E-state index contributed by atoms with van der Waals surface area (Å²) < 4.78 is 11.3. The predicted molar refractivity (Wildman–Crippen MR) is 88.5 cm³/mol. The molecule has 1 aliphatic heterocycles. The van der Waals surface area contributed by atoms with E-state index in [2.05, 4.69) is 10.2 Å². The first kappa shape index (κ1) is 16.6. The smallest absolute Gasteiger partial charge is 0.241 e. The van der Waals surface area contributed by atoms with Crippen LogP contribution < -0.4 is 0 Å². The number of aryl methyl sites for hydroxylation is 1. The van der Waals surface area contributed by atoms with Crippen LogP contribution in [0.25, 0.3) is 0 Å². The zero-order valence-electron chi connectivity index (χ0n) is 14.4.